The molecule has 3 aromatic heterocycles. The van der Waals surface area contributed by atoms with Crippen LogP contribution in [0.3, 0.4) is 0 Å². The zero-order valence-corrected chi connectivity index (χ0v) is 24.3. The zero-order valence-electron chi connectivity index (χ0n) is 28.6. The molecule has 4 aliphatic rings. The molecule has 1 aliphatic carbocycles. The van der Waals surface area contributed by atoms with Gasteiger partial charge in [0.25, 0.3) is 0 Å². The fourth-order valence-electron chi connectivity index (χ4n) is 7.10. The van der Waals surface area contributed by atoms with Crippen LogP contribution in [0.1, 0.15) is 26.1 Å². The Labute approximate surface area is 267 Å². The summed E-state index contributed by atoms with van der Waals surface area (Å²) in [4.78, 5) is 20.5. The minimum Gasteiger partial charge on any atom is -0.493 e. The number of rotatable bonds is 6. The monoisotopic (exact) mass is 649 g/mol. The molecular formula is C31H29ClF4N6O3. The average Bonchev–Trinajstić information content (AvgIpc) is 3.40. The maximum Gasteiger partial charge on any atom is 0.319 e. The van der Waals surface area contributed by atoms with Gasteiger partial charge < -0.3 is 19.1 Å². The van der Waals surface area contributed by atoms with Gasteiger partial charge in [-0.3, -0.25) is 14.9 Å². The lowest BCUT2D eigenvalue weighted by atomic mass is 9.95. The summed E-state index contributed by atoms with van der Waals surface area (Å²) in [5, 5.41) is -0.296. The third-order valence-electron chi connectivity index (χ3n) is 9.29. The van der Waals surface area contributed by atoms with E-state index in [-0.39, 0.29) is 65.3 Å². The molecule has 4 aromatic rings. The molecule has 236 valence electrons. The number of aromatic nitrogens is 4. The van der Waals surface area contributed by atoms with Gasteiger partial charge in [-0.05, 0) is 25.5 Å². The lowest BCUT2D eigenvalue weighted by molar-refractivity contribution is 0.107. The first-order chi connectivity index (χ1) is 23.7. The standard InChI is InChI=1S/C31H29ClF4N6O3/c1-43-28-21(34)7-20(32)16-9-37-10-17(22(16)28)25-24(36)26-18(11-38-25)29(42-5-6-44-13-19-23(35)27(19)42)40-30(39-26)45-14-31-3-2-4-41(31)12-15(33)8-31/h7,9-11,15,19,23,27H,2-6,8,12-14H2,1H3/t15-,19+,23+,27+,31+/m1/s1/i1D3,14D2. The van der Waals surface area contributed by atoms with Crippen LogP contribution in [-0.4, -0.2) is 95.2 Å². The molecule has 45 heavy (non-hydrogen) atoms. The van der Waals surface area contributed by atoms with Gasteiger partial charge in [0, 0.05) is 60.4 Å². The summed E-state index contributed by atoms with van der Waals surface area (Å²) in [5.74, 6) is -3.41. The lowest BCUT2D eigenvalue weighted by Crippen LogP contribution is -2.43. The molecule has 8 rings (SSSR count). The van der Waals surface area contributed by atoms with Crippen LogP contribution in [0.4, 0.5) is 23.4 Å². The van der Waals surface area contributed by atoms with Crippen molar-refractivity contribution in [3.63, 3.8) is 0 Å². The molecule has 0 N–H and O–H groups in total. The Morgan fingerprint density at radius 2 is 2.09 bits per heavy atom. The molecule has 0 radical (unpaired) electrons. The molecule has 0 unspecified atom stereocenters. The van der Waals surface area contributed by atoms with E-state index in [4.69, 9.17) is 32.7 Å². The van der Waals surface area contributed by atoms with E-state index in [1.54, 1.807) is 9.80 Å². The summed E-state index contributed by atoms with van der Waals surface area (Å²) in [6.07, 6.45) is 1.87. The Hall–Kier alpha value is -3.55. The summed E-state index contributed by atoms with van der Waals surface area (Å²) in [7, 11) is -3.09. The van der Waals surface area contributed by atoms with Gasteiger partial charge in [-0.2, -0.15) is 9.97 Å². The molecular weight excluding hydrogens is 616 g/mol. The molecule has 0 spiro atoms. The maximum atomic E-state index is 17.0. The number of alkyl halides is 2. The highest BCUT2D eigenvalue weighted by Crippen LogP contribution is 2.46. The number of benzene rings is 1. The number of halogens is 5. The van der Waals surface area contributed by atoms with Gasteiger partial charge in [0.05, 0.1) is 49.1 Å². The van der Waals surface area contributed by atoms with E-state index in [0.717, 1.165) is 12.3 Å². The fourth-order valence-corrected chi connectivity index (χ4v) is 7.34. The number of anilines is 1. The molecule has 0 amide bonds. The Morgan fingerprint density at radius 1 is 1.20 bits per heavy atom. The molecule has 3 saturated heterocycles. The third-order valence-corrected chi connectivity index (χ3v) is 9.60. The van der Waals surface area contributed by atoms with E-state index < -0.39 is 78.0 Å². The van der Waals surface area contributed by atoms with Gasteiger partial charge in [0.15, 0.2) is 17.4 Å². The van der Waals surface area contributed by atoms with E-state index in [1.807, 2.05) is 0 Å². The van der Waals surface area contributed by atoms with E-state index in [2.05, 4.69) is 19.9 Å². The van der Waals surface area contributed by atoms with Crippen molar-refractivity contribution in [1.82, 2.24) is 24.8 Å². The summed E-state index contributed by atoms with van der Waals surface area (Å²) >= 11 is 6.30. The van der Waals surface area contributed by atoms with Crippen molar-refractivity contribution >= 4 is 39.1 Å². The average molecular weight is 650 g/mol. The van der Waals surface area contributed by atoms with Crippen molar-refractivity contribution in [1.29, 1.82) is 0 Å². The number of pyridine rings is 2. The molecule has 4 fully saturated rings. The lowest BCUT2D eigenvalue weighted by Gasteiger charge is -2.31. The molecule has 9 nitrogen and oxygen atoms in total. The van der Waals surface area contributed by atoms with Crippen molar-refractivity contribution in [3.05, 3.63) is 41.3 Å². The number of methoxy groups -OCH3 is 1. The zero-order chi connectivity index (χ0) is 35.3. The predicted octanol–water partition coefficient (Wildman–Crippen LogP) is 5.31. The van der Waals surface area contributed by atoms with Crippen LogP contribution in [0.15, 0.2) is 24.7 Å². The Morgan fingerprint density at radius 3 is 2.96 bits per heavy atom. The SMILES string of the molecule is [2H]C([2H])([2H])Oc1c(F)cc(Cl)c2cncc(-c3ncc4c(N5CCOC[C@H]6[C@H](F)[C@H]65)nc(OC([2H])([2H])[C@@]56CCCN5C[C@H](F)C6)nc4c3F)c12. The molecule has 3 aliphatic heterocycles. The molecule has 14 heteroatoms. The Bertz CT molecular complexity index is 2030. The highest BCUT2D eigenvalue weighted by molar-refractivity contribution is 6.36. The first-order valence-corrected chi connectivity index (χ1v) is 14.9. The minimum absolute atomic E-state index is 0.0199. The van der Waals surface area contributed by atoms with Crippen LogP contribution in [0.25, 0.3) is 32.9 Å². The smallest absolute Gasteiger partial charge is 0.319 e. The number of nitrogens with zero attached hydrogens (tertiary/aromatic N) is 6. The Balaban J connectivity index is 1.32. The van der Waals surface area contributed by atoms with Crippen molar-refractivity contribution in [2.24, 2.45) is 5.92 Å². The summed E-state index contributed by atoms with van der Waals surface area (Å²) in [6, 6.07) is -0.390. The number of ether oxygens (including phenoxy) is 3. The highest BCUT2D eigenvalue weighted by atomic mass is 35.5. The Kier molecular flexibility index (Phi) is 5.68. The summed E-state index contributed by atoms with van der Waals surface area (Å²) in [5.41, 5.74) is -2.35. The van der Waals surface area contributed by atoms with Gasteiger partial charge in [-0.25, -0.2) is 17.6 Å². The highest BCUT2D eigenvalue weighted by Gasteiger charge is 2.56. The van der Waals surface area contributed by atoms with Crippen molar-refractivity contribution < 1.29 is 38.6 Å². The molecule has 1 saturated carbocycles. The van der Waals surface area contributed by atoms with Gasteiger partial charge in [0.1, 0.15) is 35.9 Å². The molecule has 6 heterocycles. The second-order valence-electron chi connectivity index (χ2n) is 11.8. The quantitative estimate of drug-likeness (QED) is 0.258. The predicted molar refractivity (Wildman–Crippen MR) is 158 cm³/mol. The van der Waals surface area contributed by atoms with Gasteiger partial charge in [-0.1, -0.05) is 11.6 Å². The number of hydrogen-bond donors (Lipinski definition) is 0. The fraction of sp³-hybridized carbons (Fsp3) is 0.484. The molecule has 1 aromatic carbocycles. The molecule has 0 bridgehead atoms. The normalized spacial score (nSPS) is 30.2. The summed E-state index contributed by atoms with van der Waals surface area (Å²) in [6.45, 7) is -1.48. The van der Waals surface area contributed by atoms with Crippen LogP contribution >= 0.6 is 11.6 Å². The van der Waals surface area contributed by atoms with Crippen molar-refractivity contribution in [2.45, 2.75) is 43.2 Å². The molecule has 5 atom stereocenters. The minimum atomic E-state index is -3.09. The second-order valence-corrected chi connectivity index (χ2v) is 12.3. The maximum absolute atomic E-state index is 17.0. The number of fused-ring (bicyclic) bond motifs is 4. The summed E-state index contributed by atoms with van der Waals surface area (Å²) < 4.78 is 119. The third kappa shape index (κ3) is 4.57. The van der Waals surface area contributed by atoms with E-state index >= 15 is 13.2 Å². The topological polar surface area (TPSA) is 85.7 Å². The number of hydrogen-bond acceptors (Lipinski definition) is 9. The second kappa shape index (κ2) is 10.8. The van der Waals surface area contributed by atoms with Crippen molar-refractivity contribution in [2.75, 3.05) is 51.3 Å². The van der Waals surface area contributed by atoms with Gasteiger partial charge in [-0.15, -0.1) is 0 Å². The largest absolute Gasteiger partial charge is 0.493 e. The van der Waals surface area contributed by atoms with Crippen molar-refractivity contribution in [3.8, 4) is 23.0 Å². The van der Waals surface area contributed by atoms with Crippen LogP contribution in [0, 0.1) is 17.6 Å². The van der Waals surface area contributed by atoms with E-state index in [0.29, 0.717) is 19.4 Å². The van der Waals surface area contributed by atoms with E-state index in [1.165, 1.54) is 12.4 Å². The van der Waals surface area contributed by atoms with E-state index in [9.17, 15) is 4.39 Å². The van der Waals surface area contributed by atoms with Crippen LogP contribution in [0.2, 0.25) is 5.02 Å². The first kappa shape index (κ1) is 23.7. The van der Waals surface area contributed by atoms with Crippen LogP contribution < -0.4 is 14.4 Å². The van der Waals surface area contributed by atoms with Gasteiger partial charge in [0.2, 0.25) is 0 Å². The van der Waals surface area contributed by atoms with Crippen LogP contribution in [0.5, 0.6) is 11.8 Å². The van der Waals surface area contributed by atoms with Gasteiger partial charge >= 0.3 is 6.01 Å². The first-order valence-electron chi connectivity index (χ1n) is 17.1. The van der Waals surface area contributed by atoms with Crippen LogP contribution in [-0.2, 0) is 4.74 Å².